The molecule has 3 amide bonds. The average Bonchev–Trinajstić information content (AvgIpc) is 2.95. The number of thioether (sulfide) groups is 1. The number of hydrogen-bond donors (Lipinski definition) is 1. The van der Waals surface area contributed by atoms with E-state index in [1.165, 1.54) is 16.7 Å². The Kier molecular flexibility index (Phi) is 4.08. The van der Waals surface area contributed by atoms with Crippen molar-refractivity contribution >= 4 is 35.5 Å². The molecule has 0 aliphatic carbocycles. The number of amides is 3. The van der Waals surface area contributed by atoms with Crippen molar-refractivity contribution in [3.63, 3.8) is 0 Å². The lowest BCUT2D eigenvalue weighted by atomic mass is 10.2. The highest BCUT2D eigenvalue weighted by atomic mass is 32.2. The fraction of sp³-hybridized carbons (Fsp3) is 0.636. The van der Waals surface area contributed by atoms with Crippen molar-refractivity contribution < 1.29 is 24.3 Å². The van der Waals surface area contributed by atoms with Crippen LogP contribution < -0.4 is 0 Å². The highest BCUT2D eigenvalue weighted by molar-refractivity contribution is 7.99. The van der Waals surface area contributed by atoms with Gasteiger partial charge in [0.2, 0.25) is 17.7 Å². The lowest BCUT2D eigenvalue weighted by Gasteiger charge is -2.21. The van der Waals surface area contributed by atoms with E-state index in [0.29, 0.717) is 11.6 Å². The maximum absolute atomic E-state index is 11.9. The summed E-state index contributed by atoms with van der Waals surface area (Å²) in [6, 6.07) is -0.803. The molecule has 0 radical (unpaired) electrons. The highest BCUT2D eigenvalue weighted by Gasteiger charge is 2.35. The molecule has 2 aliphatic heterocycles. The van der Waals surface area contributed by atoms with Gasteiger partial charge >= 0.3 is 5.97 Å². The molecule has 2 heterocycles. The number of carboxylic acid groups (broad SMARTS) is 1. The Hall–Kier alpha value is -1.57. The summed E-state index contributed by atoms with van der Waals surface area (Å²) >= 11 is 1.38. The van der Waals surface area contributed by atoms with Crippen LogP contribution in [0.5, 0.6) is 0 Å². The predicted molar refractivity (Wildman–Crippen MR) is 66.2 cm³/mol. The molecule has 2 aliphatic rings. The number of nitrogens with zero attached hydrogens (tertiary/aromatic N) is 2. The van der Waals surface area contributed by atoms with E-state index >= 15 is 0 Å². The van der Waals surface area contributed by atoms with Crippen molar-refractivity contribution in [2.75, 3.05) is 18.2 Å². The number of carboxylic acids is 1. The van der Waals surface area contributed by atoms with Gasteiger partial charge in [0.05, 0.1) is 5.88 Å². The summed E-state index contributed by atoms with van der Waals surface area (Å²) in [5, 5.41) is 8.97. The van der Waals surface area contributed by atoms with Gasteiger partial charge in [-0.15, -0.1) is 11.8 Å². The van der Waals surface area contributed by atoms with E-state index in [1.54, 1.807) is 0 Å². The molecule has 1 atom stereocenters. The molecule has 0 aromatic rings. The molecule has 2 saturated heterocycles. The summed E-state index contributed by atoms with van der Waals surface area (Å²) in [4.78, 5) is 48.0. The largest absolute Gasteiger partial charge is 0.480 e. The maximum atomic E-state index is 11.9. The second kappa shape index (κ2) is 5.60. The Morgan fingerprint density at radius 2 is 1.89 bits per heavy atom. The van der Waals surface area contributed by atoms with Crippen molar-refractivity contribution in [3.05, 3.63) is 0 Å². The van der Waals surface area contributed by atoms with Gasteiger partial charge in [-0.2, -0.15) is 0 Å². The lowest BCUT2D eigenvalue weighted by Crippen LogP contribution is -2.43. The van der Waals surface area contributed by atoms with Crippen molar-refractivity contribution in [2.45, 2.75) is 25.3 Å². The van der Waals surface area contributed by atoms with Crippen LogP contribution in [0.3, 0.4) is 0 Å². The molecule has 0 aromatic heterocycles. The Bertz CT molecular complexity index is 423. The van der Waals surface area contributed by atoms with Crippen LogP contribution in [-0.4, -0.2) is 62.8 Å². The van der Waals surface area contributed by atoms with Crippen LogP contribution >= 0.6 is 11.8 Å². The number of carbonyl (C=O) groups excluding carboxylic acids is 3. The number of carbonyl (C=O) groups is 4. The normalized spacial score (nSPS) is 23.3. The van der Waals surface area contributed by atoms with Crippen molar-refractivity contribution in [2.24, 2.45) is 0 Å². The van der Waals surface area contributed by atoms with Crippen molar-refractivity contribution in [1.82, 2.24) is 9.80 Å². The van der Waals surface area contributed by atoms with Crippen LogP contribution in [0.2, 0.25) is 0 Å². The minimum absolute atomic E-state index is 0.0121. The summed E-state index contributed by atoms with van der Waals surface area (Å²) in [5.74, 6) is -1.15. The first-order valence-electron chi connectivity index (χ1n) is 5.94. The third-order valence-corrected chi connectivity index (χ3v) is 4.20. The van der Waals surface area contributed by atoms with Crippen LogP contribution in [0, 0.1) is 0 Å². The van der Waals surface area contributed by atoms with Gasteiger partial charge in [-0.1, -0.05) is 0 Å². The first-order valence-corrected chi connectivity index (χ1v) is 7.09. The van der Waals surface area contributed by atoms with Crippen LogP contribution in [-0.2, 0) is 19.2 Å². The molecule has 19 heavy (non-hydrogen) atoms. The Morgan fingerprint density at radius 3 is 2.47 bits per heavy atom. The van der Waals surface area contributed by atoms with E-state index in [2.05, 4.69) is 0 Å². The van der Waals surface area contributed by atoms with Gasteiger partial charge in [0.25, 0.3) is 0 Å². The van der Waals surface area contributed by atoms with E-state index in [-0.39, 0.29) is 43.5 Å². The zero-order valence-corrected chi connectivity index (χ0v) is 11.0. The van der Waals surface area contributed by atoms with E-state index in [4.69, 9.17) is 5.11 Å². The zero-order valence-electron chi connectivity index (χ0n) is 10.2. The average molecular weight is 286 g/mol. The molecule has 0 saturated carbocycles. The third kappa shape index (κ3) is 2.89. The van der Waals surface area contributed by atoms with E-state index in [0.717, 1.165) is 4.90 Å². The standard InChI is InChI=1S/C11H14N2O5S/c14-8-1-2-9(15)12(8)4-3-10(16)13-6-19-5-7(13)11(17)18/h7H,1-6H2,(H,17,18)/t7-/m0/s1. The van der Waals surface area contributed by atoms with Gasteiger partial charge in [-0.25, -0.2) is 4.79 Å². The predicted octanol–water partition coefficient (Wildman–Crippen LogP) is -0.488. The molecule has 104 valence electrons. The molecule has 0 unspecified atom stereocenters. The van der Waals surface area contributed by atoms with Gasteiger partial charge in [0, 0.05) is 31.6 Å². The van der Waals surface area contributed by atoms with Gasteiger partial charge in [-0.05, 0) is 0 Å². The SMILES string of the molecule is O=C(O)[C@@H]1CSCN1C(=O)CCN1C(=O)CCC1=O. The van der Waals surface area contributed by atoms with Crippen molar-refractivity contribution in [3.8, 4) is 0 Å². The number of imide groups is 1. The fourth-order valence-electron chi connectivity index (χ4n) is 2.12. The second-order valence-corrected chi connectivity index (χ2v) is 5.41. The zero-order chi connectivity index (χ0) is 14.0. The van der Waals surface area contributed by atoms with Crippen LogP contribution in [0.25, 0.3) is 0 Å². The summed E-state index contributed by atoms with van der Waals surface area (Å²) in [5.41, 5.74) is 0. The molecular weight excluding hydrogens is 272 g/mol. The second-order valence-electron chi connectivity index (χ2n) is 4.41. The van der Waals surface area contributed by atoms with Gasteiger partial charge in [0.15, 0.2) is 0 Å². The van der Waals surface area contributed by atoms with Crippen LogP contribution in [0.1, 0.15) is 19.3 Å². The third-order valence-electron chi connectivity index (χ3n) is 3.19. The van der Waals surface area contributed by atoms with E-state index in [9.17, 15) is 19.2 Å². The van der Waals surface area contributed by atoms with Crippen LogP contribution in [0.15, 0.2) is 0 Å². The highest BCUT2D eigenvalue weighted by Crippen LogP contribution is 2.22. The first-order chi connectivity index (χ1) is 9.00. The molecule has 1 N–H and O–H groups in total. The minimum atomic E-state index is -1.02. The number of aliphatic carboxylic acids is 1. The molecule has 2 fully saturated rings. The smallest absolute Gasteiger partial charge is 0.327 e. The van der Waals surface area contributed by atoms with E-state index in [1.807, 2.05) is 0 Å². The summed E-state index contributed by atoms with van der Waals surface area (Å²) in [6.07, 6.45) is 0.385. The Balaban J connectivity index is 1.89. The summed E-state index contributed by atoms with van der Waals surface area (Å²) in [6.45, 7) is 0.0456. The molecule has 2 rings (SSSR count). The summed E-state index contributed by atoms with van der Waals surface area (Å²) in [7, 11) is 0. The molecule has 0 bridgehead atoms. The number of rotatable bonds is 4. The lowest BCUT2D eigenvalue weighted by molar-refractivity contribution is -0.148. The first kappa shape index (κ1) is 13.9. The van der Waals surface area contributed by atoms with Gasteiger partial charge < -0.3 is 10.0 Å². The Morgan fingerprint density at radius 1 is 1.26 bits per heavy atom. The van der Waals surface area contributed by atoms with E-state index < -0.39 is 12.0 Å². The minimum Gasteiger partial charge on any atom is -0.480 e. The van der Waals surface area contributed by atoms with Gasteiger partial charge in [0.1, 0.15) is 6.04 Å². The van der Waals surface area contributed by atoms with Crippen molar-refractivity contribution in [1.29, 1.82) is 0 Å². The molecular formula is C11H14N2O5S. The molecule has 7 nitrogen and oxygen atoms in total. The number of hydrogen-bond acceptors (Lipinski definition) is 5. The maximum Gasteiger partial charge on any atom is 0.327 e. The monoisotopic (exact) mass is 286 g/mol. The van der Waals surface area contributed by atoms with Gasteiger partial charge in [-0.3, -0.25) is 19.3 Å². The van der Waals surface area contributed by atoms with Crippen LogP contribution in [0.4, 0.5) is 0 Å². The number of likely N-dealkylation sites (tertiary alicyclic amines) is 1. The Labute approximate surface area is 113 Å². The topological polar surface area (TPSA) is 95.0 Å². The molecule has 0 aromatic carbocycles. The quantitative estimate of drug-likeness (QED) is 0.701. The fourth-order valence-corrected chi connectivity index (χ4v) is 3.29. The summed E-state index contributed by atoms with van der Waals surface area (Å²) < 4.78 is 0. The molecule has 8 heteroatoms. The molecule has 0 spiro atoms.